The second-order valence-electron chi connectivity index (χ2n) is 3.90. The van der Waals surface area contributed by atoms with Gasteiger partial charge in [-0.15, -0.1) is 0 Å². The van der Waals surface area contributed by atoms with Gasteiger partial charge in [0.15, 0.2) is 0 Å². The maximum absolute atomic E-state index is 4.26. The molecule has 0 spiro atoms. The Hall–Kier alpha value is -0.900. The average Bonchev–Trinajstić information content (AvgIpc) is 2.61. The quantitative estimate of drug-likeness (QED) is 0.742. The fourth-order valence-corrected chi connectivity index (χ4v) is 1.74. The van der Waals surface area contributed by atoms with E-state index in [0.29, 0.717) is 6.04 Å². The lowest BCUT2D eigenvalue weighted by Gasteiger charge is -2.16. The maximum Gasteiger partial charge on any atom is 0.138 e. The minimum absolute atomic E-state index is 0.540. The molecule has 1 rings (SSSR count). The highest BCUT2D eigenvalue weighted by Gasteiger charge is 2.10. The van der Waals surface area contributed by atoms with Crippen molar-refractivity contribution in [2.45, 2.75) is 45.6 Å². The van der Waals surface area contributed by atoms with Crippen molar-refractivity contribution in [3.63, 3.8) is 0 Å². The summed E-state index contributed by atoms with van der Waals surface area (Å²) in [6.45, 7) is 5.40. The summed E-state index contributed by atoms with van der Waals surface area (Å²) in [6.07, 6.45) is 6.34. The van der Waals surface area contributed by atoms with Gasteiger partial charge in [-0.2, -0.15) is 5.10 Å². The van der Waals surface area contributed by atoms with E-state index < -0.39 is 0 Å². The maximum atomic E-state index is 4.26. The first kappa shape index (κ1) is 12.2. The highest BCUT2D eigenvalue weighted by Crippen LogP contribution is 2.06. The Morgan fingerprint density at radius 3 is 2.80 bits per heavy atom. The SMILES string of the molecule is CCCCC(Cc1ncnn1C)NCC. The molecule has 86 valence electrons. The van der Waals surface area contributed by atoms with Crippen LogP contribution in [0.2, 0.25) is 0 Å². The summed E-state index contributed by atoms with van der Waals surface area (Å²) in [5.74, 6) is 1.07. The Bertz CT molecular complexity index is 269. The van der Waals surface area contributed by atoms with Gasteiger partial charge in [0.1, 0.15) is 12.2 Å². The van der Waals surface area contributed by atoms with E-state index in [1.807, 2.05) is 11.7 Å². The van der Waals surface area contributed by atoms with Gasteiger partial charge in [0.25, 0.3) is 0 Å². The third-order valence-corrected chi connectivity index (χ3v) is 2.63. The molecule has 1 atom stereocenters. The normalized spacial score (nSPS) is 13.0. The van der Waals surface area contributed by atoms with Crippen LogP contribution in [0.1, 0.15) is 38.9 Å². The number of aromatic nitrogens is 3. The Morgan fingerprint density at radius 2 is 2.27 bits per heavy atom. The van der Waals surface area contributed by atoms with Gasteiger partial charge in [0.2, 0.25) is 0 Å². The molecule has 0 fully saturated rings. The van der Waals surface area contributed by atoms with Gasteiger partial charge in [-0.25, -0.2) is 4.98 Å². The number of unbranched alkanes of at least 4 members (excludes halogenated alkanes) is 1. The highest BCUT2D eigenvalue weighted by atomic mass is 15.3. The van der Waals surface area contributed by atoms with Crippen molar-refractivity contribution in [3.05, 3.63) is 12.2 Å². The summed E-state index contributed by atoms with van der Waals surface area (Å²) < 4.78 is 1.86. The van der Waals surface area contributed by atoms with E-state index in [1.165, 1.54) is 19.3 Å². The van der Waals surface area contributed by atoms with Crippen LogP contribution in [0.25, 0.3) is 0 Å². The van der Waals surface area contributed by atoms with Crippen LogP contribution in [0.4, 0.5) is 0 Å². The molecule has 0 aliphatic rings. The number of nitrogens with one attached hydrogen (secondary N) is 1. The van der Waals surface area contributed by atoms with Crippen molar-refractivity contribution < 1.29 is 0 Å². The van der Waals surface area contributed by atoms with Crippen molar-refractivity contribution in [3.8, 4) is 0 Å². The lowest BCUT2D eigenvalue weighted by molar-refractivity contribution is 0.458. The van der Waals surface area contributed by atoms with E-state index >= 15 is 0 Å². The van der Waals surface area contributed by atoms with E-state index in [-0.39, 0.29) is 0 Å². The minimum Gasteiger partial charge on any atom is -0.314 e. The molecular formula is C11H22N4. The van der Waals surface area contributed by atoms with Crippen LogP contribution in [0.15, 0.2) is 6.33 Å². The van der Waals surface area contributed by atoms with E-state index in [1.54, 1.807) is 6.33 Å². The van der Waals surface area contributed by atoms with Crippen molar-refractivity contribution in [1.29, 1.82) is 0 Å². The van der Waals surface area contributed by atoms with E-state index in [2.05, 4.69) is 29.2 Å². The van der Waals surface area contributed by atoms with Gasteiger partial charge in [-0.3, -0.25) is 4.68 Å². The predicted octanol–water partition coefficient (Wildman–Crippen LogP) is 1.53. The third kappa shape index (κ3) is 4.00. The molecule has 4 nitrogen and oxygen atoms in total. The van der Waals surface area contributed by atoms with Crippen LogP contribution in [-0.2, 0) is 13.5 Å². The number of likely N-dealkylation sites (N-methyl/N-ethyl adjacent to an activating group) is 1. The molecule has 0 aromatic carbocycles. The first-order valence-electron chi connectivity index (χ1n) is 5.84. The molecule has 0 saturated heterocycles. The molecule has 0 aliphatic carbocycles. The molecule has 0 amide bonds. The monoisotopic (exact) mass is 210 g/mol. The molecule has 1 unspecified atom stereocenters. The summed E-state index contributed by atoms with van der Waals surface area (Å²) in [5, 5.41) is 7.59. The fourth-order valence-electron chi connectivity index (χ4n) is 1.74. The Morgan fingerprint density at radius 1 is 1.47 bits per heavy atom. The molecule has 1 heterocycles. The third-order valence-electron chi connectivity index (χ3n) is 2.63. The number of nitrogens with zero attached hydrogens (tertiary/aromatic N) is 3. The number of hydrogen-bond acceptors (Lipinski definition) is 3. The van der Waals surface area contributed by atoms with Gasteiger partial charge in [-0.05, 0) is 13.0 Å². The molecule has 0 radical (unpaired) electrons. The molecule has 0 saturated carbocycles. The standard InChI is InChI=1S/C11H22N4/c1-4-6-7-10(12-5-2)8-11-13-9-14-15(11)3/h9-10,12H,4-8H2,1-3H3. The molecule has 1 aromatic rings. The predicted molar refractivity (Wildman–Crippen MR) is 61.7 cm³/mol. The van der Waals surface area contributed by atoms with Gasteiger partial charge >= 0.3 is 0 Å². The zero-order valence-electron chi connectivity index (χ0n) is 10.0. The van der Waals surface area contributed by atoms with E-state index in [9.17, 15) is 0 Å². The molecule has 4 heteroatoms. The Kier molecular flexibility index (Phi) is 5.32. The largest absolute Gasteiger partial charge is 0.314 e. The summed E-state index contributed by atoms with van der Waals surface area (Å²) in [6, 6.07) is 0.540. The molecule has 1 aromatic heterocycles. The molecule has 0 bridgehead atoms. The smallest absolute Gasteiger partial charge is 0.138 e. The van der Waals surface area contributed by atoms with Gasteiger partial charge in [0, 0.05) is 19.5 Å². The first-order valence-corrected chi connectivity index (χ1v) is 5.84. The van der Waals surface area contributed by atoms with Crippen LogP contribution in [0, 0.1) is 0 Å². The highest BCUT2D eigenvalue weighted by molar-refractivity contribution is 4.88. The zero-order chi connectivity index (χ0) is 11.1. The minimum atomic E-state index is 0.540. The van der Waals surface area contributed by atoms with Crippen LogP contribution < -0.4 is 5.32 Å². The van der Waals surface area contributed by atoms with Crippen LogP contribution >= 0.6 is 0 Å². The molecule has 15 heavy (non-hydrogen) atoms. The molecule has 1 N–H and O–H groups in total. The summed E-state index contributed by atoms with van der Waals surface area (Å²) >= 11 is 0. The second kappa shape index (κ2) is 6.56. The van der Waals surface area contributed by atoms with Crippen LogP contribution in [0.5, 0.6) is 0 Å². The van der Waals surface area contributed by atoms with Crippen molar-refractivity contribution in [1.82, 2.24) is 20.1 Å². The van der Waals surface area contributed by atoms with E-state index in [4.69, 9.17) is 0 Å². The van der Waals surface area contributed by atoms with Gasteiger partial charge in [0.05, 0.1) is 0 Å². The zero-order valence-corrected chi connectivity index (χ0v) is 10.0. The Labute approximate surface area is 92.1 Å². The van der Waals surface area contributed by atoms with Crippen LogP contribution in [-0.4, -0.2) is 27.4 Å². The number of hydrogen-bond donors (Lipinski definition) is 1. The van der Waals surface area contributed by atoms with Gasteiger partial charge in [-0.1, -0.05) is 26.7 Å². The van der Waals surface area contributed by atoms with E-state index in [0.717, 1.165) is 18.8 Å². The average molecular weight is 210 g/mol. The van der Waals surface area contributed by atoms with Crippen molar-refractivity contribution in [2.75, 3.05) is 6.54 Å². The van der Waals surface area contributed by atoms with Crippen LogP contribution in [0.3, 0.4) is 0 Å². The lowest BCUT2D eigenvalue weighted by atomic mass is 10.1. The van der Waals surface area contributed by atoms with Crippen molar-refractivity contribution in [2.24, 2.45) is 7.05 Å². The fraction of sp³-hybridized carbons (Fsp3) is 0.818. The summed E-state index contributed by atoms with van der Waals surface area (Å²) in [4.78, 5) is 4.26. The summed E-state index contributed by atoms with van der Waals surface area (Å²) in [7, 11) is 1.95. The topological polar surface area (TPSA) is 42.7 Å². The second-order valence-corrected chi connectivity index (χ2v) is 3.90. The summed E-state index contributed by atoms with van der Waals surface area (Å²) in [5.41, 5.74) is 0. The lowest BCUT2D eigenvalue weighted by Crippen LogP contribution is -2.31. The molecular weight excluding hydrogens is 188 g/mol. The molecule has 0 aliphatic heterocycles. The van der Waals surface area contributed by atoms with Crippen molar-refractivity contribution >= 4 is 0 Å². The Balaban J connectivity index is 2.46. The van der Waals surface area contributed by atoms with Gasteiger partial charge < -0.3 is 5.32 Å². The number of rotatable bonds is 7. The number of aryl methyl sites for hydroxylation is 1. The first-order chi connectivity index (χ1) is 7.27.